The maximum absolute atomic E-state index is 12.8. The van der Waals surface area contributed by atoms with Crippen molar-refractivity contribution in [1.29, 1.82) is 5.26 Å². The van der Waals surface area contributed by atoms with Crippen LogP contribution < -0.4 is 5.32 Å². The predicted octanol–water partition coefficient (Wildman–Crippen LogP) is 3.10. The Bertz CT molecular complexity index is 490. The fourth-order valence-electron chi connectivity index (χ4n) is 2.43. The average molecular weight is 286 g/mol. The van der Waals surface area contributed by atoms with Crippen molar-refractivity contribution in [3.8, 4) is 6.07 Å². The van der Waals surface area contributed by atoms with Crippen LogP contribution in [0.1, 0.15) is 18.4 Å². The number of hydrogen-bond acceptors (Lipinski definition) is 2. The zero-order chi connectivity index (χ0) is 14.8. The zero-order valence-corrected chi connectivity index (χ0v) is 10.6. The van der Waals surface area contributed by atoms with Crippen LogP contribution in [0.2, 0.25) is 0 Å². The Labute approximate surface area is 114 Å². The molecule has 1 aromatic rings. The Morgan fingerprint density at radius 3 is 2.40 bits per heavy atom. The summed E-state index contributed by atoms with van der Waals surface area (Å²) in [4.78, 5) is 0. The van der Waals surface area contributed by atoms with E-state index in [-0.39, 0.29) is 6.04 Å². The Balaban J connectivity index is 1.92. The Kier molecular flexibility index (Phi) is 4.00. The van der Waals surface area contributed by atoms with E-state index < -0.39 is 24.3 Å². The molecule has 20 heavy (non-hydrogen) atoms. The molecule has 1 saturated carbocycles. The molecule has 0 spiro atoms. The summed E-state index contributed by atoms with van der Waals surface area (Å²) in [6.45, 7) is -1.06. The molecule has 1 aromatic carbocycles. The monoisotopic (exact) mass is 286 g/mol. The number of nitriles is 1. The van der Waals surface area contributed by atoms with Gasteiger partial charge in [-0.3, -0.25) is 0 Å². The summed E-state index contributed by atoms with van der Waals surface area (Å²) >= 11 is 0. The van der Waals surface area contributed by atoms with Gasteiger partial charge in [0.15, 0.2) is 0 Å². The first-order valence-corrected chi connectivity index (χ1v) is 6.26. The first-order valence-electron chi connectivity index (χ1n) is 6.26. The first-order chi connectivity index (χ1) is 9.39. The molecule has 0 saturated heterocycles. The van der Waals surface area contributed by atoms with Gasteiger partial charge in [-0.15, -0.1) is 0 Å². The molecule has 0 unspecified atom stereocenters. The van der Waals surface area contributed by atoms with Crippen molar-refractivity contribution in [3.63, 3.8) is 0 Å². The molecule has 2 nitrogen and oxygen atoms in total. The SMILES string of the molecule is N#CC1(c2ccccc2)CC(NCC(F)(F)C(F)F)C1. The molecule has 0 atom stereocenters. The summed E-state index contributed by atoms with van der Waals surface area (Å²) in [5, 5.41) is 11.7. The van der Waals surface area contributed by atoms with Gasteiger partial charge in [0.2, 0.25) is 0 Å². The van der Waals surface area contributed by atoms with Crippen LogP contribution >= 0.6 is 0 Å². The van der Waals surface area contributed by atoms with Gasteiger partial charge in [0.1, 0.15) is 0 Å². The fourth-order valence-corrected chi connectivity index (χ4v) is 2.43. The Morgan fingerprint density at radius 2 is 1.90 bits per heavy atom. The number of halogens is 4. The van der Waals surface area contributed by atoms with Crippen LogP contribution in [0.4, 0.5) is 17.6 Å². The molecule has 1 aliphatic rings. The topological polar surface area (TPSA) is 35.8 Å². The van der Waals surface area contributed by atoms with Gasteiger partial charge in [-0.05, 0) is 18.4 Å². The van der Waals surface area contributed by atoms with Gasteiger partial charge in [-0.1, -0.05) is 30.3 Å². The quantitative estimate of drug-likeness (QED) is 0.844. The van der Waals surface area contributed by atoms with Gasteiger partial charge >= 0.3 is 12.3 Å². The van der Waals surface area contributed by atoms with E-state index in [1.807, 2.05) is 18.2 Å². The summed E-state index contributed by atoms with van der Waals surface area (Å²) in [6.07, 6.45) is -2.97. The summed E-state index contributed by atoms with van der Waals surface area (Å²) in [5.74, 6) is -4.03. The lowest BCUT2D eigenvalue weighted by Gasteiger charge is -2.43. The lowest BCUT2D eigenvalue weighted by atomic mass is 9.62. The van der Waals surface area contributed by atoms with E-state index in [9.17, 15) is 22.8 Å². The Morgan fingerprint density at radius 1 is 1.30 bits per heavy atom. The number of nitrogens with zero attached hydrogens (tertiary/aromatic N) is 1. The molecule has 2 rings (SSSR count). The Hall–Kier alpha value is -1.61. The number of alkyl halides is 4. The molecule has 1 aliphatic carbocycles. The van der Waals surface area contributed by atoms with Crippen LogP contribution in [0.5, 0.6) is 0 Å². The third-order valence-corrected chi connectivity index (χ3v) is 3.68. The third-order valence-electron chi connectivity index (χ3n) is 3.68. The maximum atomic E-state index is 12.8. The van der Waals surface area contributed by atoms with Gasteiger partial charge in [-0.25, -0.2) is 8.78 Å². The number of rotatable bonds is 5. The van der Waals surface area contributed by atoms with Crippen LogP contribution in [0.25, 0.3) is 0 Å². The van der Waals surface area contributed by atoms with Gasteiger partial charge in [0.25, 0.3) is 0 Å². The minimum absolute atomic E-state index is 0.334. The maximum Gasteiger partial charge on any atom is 0.319 e. The summed E-state index contributed by atoms with van der Waals surface area (Å²) in [5.41, 5.74) is 0.139. The number of benzene rings is 1. The zero-order valence-electron chi connectivity index (χ0n) is 10.6. The molecular formula is C14H14F4N2. The highest BCUT2D eigenvalue weighted by molar-refractivity contribution is 5.36. The minimum Gasteiger partial charge on any atom is -0.308 e. The van der Waals surface area contributed by atoms with Crippen LogP contribution in [-0.2, 0) is 5.41 Å². The van der Waals surface area contributed by atoms with Crippen molar-refractivity contribution in [3.05, 3.63) is 35.9 Å². The molecule has 0 aliphatic heterocycles. The first kappa shape index (κ1) is 14.8. The van der Waals surface area contributed by atoms with Crippen molar-refractivity contribution in [2.75, 3.05) is 6.54 Å². The van der Waals surface area contributed by atoms with E-state index in [2.05, 4.69) is 11.4 Å². The van der Waals surface area contributed by atoms with E-state index in [4.69, 9.17) is 0 Å². The van der Waals surface area contributed by atoms with E-state index in [0.717, 1.165) is 5.56 Å². The highest BCUT2D eigenvalue weighted by atomic mass is 19.3. The average Bonchev–Trinajstić information content (AvgIpc) is 2.38. The number of nitrogens with one attached hydrogen (secondary N) is 1. The van der Waals surface area contributed by atoms with E-state index in [0.29, 0.717) is 12.8 Å². The second-order valence-corrected chi connectivity index (χ2v) is 5.11. The van der Waals surface area contributed by atoms with E-state index in [1.54, 1.807) is 12.1 Å². The summed E-state index contributed by atoms with van der Waals surface area (Å²) in [6, 6.07) is 10.9. The summed E-state index contributed by atoms with van der Waals surface area (Å²) in [7, 11) is 0. The van der Waals surface area contributed by atoms with Crippen molar-refractivity contribution < 1.29 is 17.6 Å². The number of hydrogen-bond donors (Lipinski definition) is 1. The predicted molar refractivity (Wildman–Crippen MR) is 65.7 cm³/mol. The largest absolute Gasteiger partial charge is 0.319 e. The van der Waals surface area contributed by atoms with Crippen molar-refractivity contribution in [2.45, 2.75) is 36.6 Å². The van der Waals surface area contributed by atoms with Gasteiger partial charge in [0, 0.05) is 6.04 Å². The molecule has 0 radical (unpaired) electrons. The molecule has 108 valence electrons. The normalized spacial score (nSPS) is 26.1. The molecule has 0 heterocycles. The highest BCUT2D eigenvalue weighted by Gasteiger charge is 2.48. The molecular weight excluding hydrogens is 272 g/mol. The van der Waals surface area contributed by atoms with E-state index in [1.165, 1.54) is 0 Å². The van der Waals surface area contributed by atoms with Crippen LogP contribution in [0.3, 0.4) is 0 Å². The fraction of sp³-hybridized carbons (Fsp3) is 0.500. The van der Waals surface area contributed by atoms with Crippen LogP contribution in [0, 0.1) is 11.3 Å². The van der Waals surface area contributed by atoms with E-state index >= 15 is 0 Å². The highest BCUT2D eigenvalue weighted by Crippen LogP contribution is 2.43. The van der Waals surface area contributed by atoms with Crippen LogP contribution in [-0.4, -0.2) is 24.9 Å². The standard InChI is InChI=1S/C14H14F4N2/c15-12(16)14(17,18)9-20-11-6-13(7-11,8-19)10-4-2-1-3-5-10/h1-5,11-12,20H,6-7,9H2. The van der Waals surface area contributed by atoms with Crippen LogP contribution in [0.15, 0.2) is 30.3 Å². The van der Waals surface area contributed by atoms with Crippen molar-refractivity contribution in [2.24, 2.45) is 0 Å². The van der Waals surface area contributed by atoms with Gasteiger partial charge < -0.3 is 5.32 Å². The molecule has 1 fully saturated rings. The molecule has 1 N–H and O–H groups in total. The smallest absolute Gasteiger partial charge is 0.308 e. The van der Waals surface area contributed by atoms with Crippen molar-refractivity contribution in [1.82, 2.24) is 5.32 Å². The summed E-state index contributed by atoms with van der Waals surface area (Å²) < 4.78 is 49.6. The molecule has 0 aromatic heterocycles. The second kappa shape index (κ2) is 5.41. The van der Waals surface area contributed by atoms with Gasteiger partial charge in [0.05, 0.1) is 18.0 Å². The van der Waals surface area contributed by atoms with Crippen molar-refractivity contribution >= 4 is 0 Å². The second-order valence-electron chi connectivity index (χ2n) is 5.11. The third kappa shape index (κ3) is 2.78. The molecule has 6 heteroatoms. The molecule has 0 amide bonds. The lowest BCUT2D eigenvalue weighted by Crippen LogP contribution is -2.54. The minimum atomic E-state index is -4.03. The molecule has 0 bridgehead atoms. The van der Waals surface area contributed by atoms with Gasteiger partial charge in [-0.2, -0.15) is 14.0 Å². The lowest BCUT2D eigenvalue weighted by molar-refractivity contribution is -0.127.